The van der Waals surface area contributed by atoms with Gasteiger partial charge in [-0.1, -0.05) is 60.2 Å². The Hall–Kier alpha value is -3.78. The van der Waals surface area contributed by atoms with Crippen LogP contribution in [0.1, 0.15) is 24.1 Å². The van der Waals surface area contributed by atoms with E-state index in [9.17, 15) is 9.59 Å². The molecule has 1 saturated heterocycles. The average molecular weight is 488 g/mol. The van der Waals surface area contributed by atoms with Gasteiger partial charge >= 0.3 is 0 Å². The van der Waals surface area contributed by atoms with E-state index in [0.717, 1.165) is 22.6 Å². The third-order valence-corrected chi connectivity index (χ3v) is 6.60. The molecule has 8 nitrogen and oxygen atoms in total. The summed E-state index contributed by atoms with van der Waals surface area (Å²) in [6, 6.07) is 21.7. The van der Waals surface area contributed by atoms with E-state index in [2.05, 4.69) is 34.2 Å². The third-order valence-electron chi connectivity index (χ3n) is 6.60. The number of benzene rings is 2. The molecular formula is C28H33N5O3. The van der Waals surface area contributed by atoms with E-state index in [0.29, 0.717) is 26.2 Å². The molecule has 0 spiro atoms. The predicted octanol–water partition coefficient (Wildman–Crippen LogP) is 3.34. The van der Waals surface area contributed by atoms with Crippen molar-refractivity contribution in [3.63, 3.8) is 0 Å². The van der Waals surface area contributed by atoms with Crippen LogP contribution in [0.5, 0.6) is 0 Å². The molecule has 4 rings (SSSR count). The smallest absolute Gasteiger partial charge is 0.249 e. The van der Waals surface area contributed by atoms with E-state index in [4.69, 9.17) is 4.74 Å². The molecule has 2 aromatic carbocycles. The Morgan fingerprint density at radius 2 is 1.64 bits per heavy atom. The van der Waals surface area contributed by atoms with Crippen molar-refractivity contribution in [1.82, 2.24) is 20.0 Å². The standard InChI is InChI=1S/C28H33N5O3/c1-21-9-11-24(12-10-21)25-13-14-26(30-29-25)31-15-17-32(18-16-31)27(34)19-33(28(35)20-36-3)22(2)23-7-5-4-6-8-23/h4-14,22H,15-20H2,1-3H3/t22-/m0/s1. The van der Waals surface area contributed by atoms with Crippen molar-refractivity contribution in [2.24, 2.45) is 0 Å². The number of hydrogen-bond donors (Lipinski definition) is 0. The molecule has 8 heteroatoms. The average Bonchev–Trinajstić information content (AvgIpc) is 2.92. The molecule has 3 aromatic rings. The maximum absolute atomic E-state index is 13.2. The summed E-state index contributed by atoms with van der Waals surface area (Å²) < 4.78 is 5.07. The van der Waals surface area contributed by atoms with Gasteiger partial charge in [0.25, 0.3) is 0 Å². The van der Waals surface area contributed by atoms with Gasteiger partial charge in [0.1, 0.15) is 13.2 Å². The minimum atomic E-state index is -0.235. The molecule has 1 aliphatic heterocycles. The SMILES string of the molecule is COCC(=O)N(CC(=O)N1CCN(c2ccc(-c3ccc(C)cc3)nn2)CC1)[C@@H](C)c1ccccc1. The maximum Gasteiger partial charge on any atom is 0.249 e. The topological polar surface area (TPSA) is 78.9 Å². The first kappa shape index (κ1) is 25.3. The van der Waals surface area contributed by atoms with Crippen molar-refractivity contribution in [3.05, 3.63) is 77.9 Å². The lowest BCUT2D eigenvalue weighted by Gasteiger charge is -2.37. The molecule has 0 bridgehead atoms. The summed E-state index contributed by atoms with van der Waals surface area (Å²) in [4.78, 5) is 31.5. The number of aromatic nitrogens is 2. The second-order valence-electron chi connectivity index (χ2n) is 9.05. The Bertz CT molecular complexity index is 1140. The number of hydrogen-bond acceptors (Lipinski definition) is 6. The van der Waals surface area contributed by atoms with Gasteiger partial charge in [0.05, 0.1) is 11.7 Å². The van der Waals surface area contributed by atoms with Crippen LogP contribution in [0, 0.1) is 6.92 Å². The van der Waals surface area contributed by atoms with E-state index in [-0.39, 0.29) is 31.0 Å². The zero-order chi connectivity index (χ0) is 25.5. The van der Waals surface area contributed by atoms with Crippen molar-refractivity contribution < 1.29 is 14.3 Å². The number of ether oxygens (including phenoxy) is 1. The molecule has 1 aliphatic rings. The van der Waals surface area contributed by atoms with Crippen LogP contribution < -0.4 is 4.90 Å². The highest BCUT2D eigenvalue weighted by atomic mass is 16.5. The summed E-state index contributed by atoms with van der Waals surface area (Å²) in [5.41, 5.74) is 4.05. The zero-order valence-electron chi connectivity index (χ0n) is 21.1. The lowest BCUT2D eigenvalue weighted by atomic mass is 10.1. The quantitative estimate of drug-likeness (QED) is 0.485. The monoisotopic (exact) mass is 487 g/mol. The van der Waals surface area contributed by atoms with Crippen LogP contribution in [-0.4, -0.2) is 78.3 Å². The summed E-state index contributed by atoms with van der Waals surface area (Å²) in [5.74, 6) is 0.528. The van der Waals surface area contributed by atoms with Gasteiger partial charge in [-0.15, -0.1) is 10.2 Å². The minimum absolute atomic E-state index is 0.0172. The second-order valence-corrected chi connectivity index (χ2v) is 9.05. The van der Waals surface area contributed by atoms with Gasteiger partial charge in [-0.2, -0.15) is 0 Å². The van der Waals surface area contributed by atoms with Crippen LogP contribution >= 0.6 is 0 Å². The number of carbonyl (C=O) groups is 2. The molecule has 0 saturated carbocycles. The van der Waals surface area contributed by atoms with Crippen LogP contribution in [0.3, 0.4) is 0 Å². The lowest BCUT2D eigenvalue weighted by Crippen LogP contribution is -2.52. The summed E-state index contributed by atoms with van der Waals surface area (Å²) in [7, 11) is 1.49. The van der Waals surface area contributed by atoms with Gasteiger partial charge in [-0.25, -0.2) is 0 Å². The van der Waals surface area contributed by atoms with Crippen LogP contribution in [0.25, 0.3) is 11.3 Å². The maximum atomic E-state index is 13.2. The highest BCUT2D eigenvalue weighted by Gasteiger charge is 2.28. The highest BCUT2D eigenvalue weighted by molar-refractivity contribution is 5.86. The summed E-state index contributed by atoms with van der Waals surface area (Å²) >= 11 is 0. The van der Waals surface area contributed by atoms with Crippen molar-refractivity contribution in [2.45, 2.75) is 19.9 Å². The van der Waals surface area contributed by atoms with Gasteiger partial charge in [0, 0.05) is 38.9 Å². The van der Waals surface area contributed by atoms with Crippen molar-refractivity contribution >= 4 is 17.6 Å². The van der Waals surface area contributed by atoms with Crippen LogP contribution in [0.4, 0.5) is 5.82 Å². The summed E-state index contributed by atoms with van der Waals surface area (Å²) in [6.07, 6.45) is 0. The van der Waals surface area contributed by atoms with Gasteiger partial charge in [-0.3, -0.25) is 9.59 Å². The van der Waals surface area contributed by atoms with Gasteiger partial charge < -0.3 is 19.4 Å². The largest absolute Gasteiger partial charge is 0.375 e. The normalized spacial score (nSPS) is 14.4. The molecule has 0 aliphatic carbocycles. The number of nitrogens with zero attached hydrogens (tertiary/aromatic N) is 5. The number of piperazine rings is 1. The number of amides is 2. The fraction of sp³-hybridized carbons (Fsp3) is 0.357. The van der Waals surface area contributed by atoms with Gasteiger partial charge in [0.15, 0.2) is 5.82 Å². The molecule has 188 valence electrons. The lowest BCUT2D eigenvalue weighted by molar-refractivity contribution is -0.144. The first-order chi connectivity index (χ1) is 17.5. The zero-order valence-corrected chi connectivity index (χ0v) is 21.1. The Morgan fingerprint density at radius 1 is 0.944 bits per heavy atom. The van der Waals surface area contributed by atoms with Gasteiger partial charge in [0.2, 0.25) is 11.8 Å². The number of anilines is 1. The molecule has 36 heavy (non-hydrogen) atoms. The molecule has 1 atom stereocenters. The first-order valence-electron chi connectivity index (χ1n) is 12.2. The van der Waals surface area contributed by atoms with E-state index >= 15 is 0 Å². The summed E-state index contributed by atoms with van der Waals surface area (Å²) in [5, 5.41) is 8.83. The van der Waals surface area contributed by atoms with Gasteiger partial charge in [-0.05, 0) is 31.5 Å². The second kappa shape index (κ2) is 11.8. The predicted molar refractivity (Wildman–Crippen MR) is 139 cm³/mol. The molecule has 0 radical (unpaired) electrons. The number of methoxy groups -OCH3 is 1. The summed E-state index contributed by atoms with van der Waals surface area (Å²) in [6.45, 7) is 6.39. The molecule has 1 fully saturated rings. The van der Waals surface area contributed by atoms with Crippen molar-refractivity contribution in [2.75, 3.05) is 51.3 Å². The number of aryl methyl sites for hydroxylation is 1. The van der Waals surface area contributed by atoms with E-state index in [1.807, 2.05) is 66.4 Å². The Morgan fingerprint density at radius 3 is 2.25 bits per heavy atom. The fourth-order valence-electron chi connectivity index (χ4n) is 4.36. The number of rotatable bonds is 8. The Labute approximate surface area is 212 Å². The molecule has 0 unspecified atom stereocenters. The van der Waals surface area contributed by atoms with Crippen molar-refractivity contribution in [3.8, 4) is 11.3 Å². The van der Waals surface area contributed by atoms with E-state index < -0.39 is 0 Å². The van der Waals surface area contributed by atoms with E-state index in [1.165, 1.54) is 12.7 Å². The first-order valence-corrected chi connectivity index (χ1v) is 12.2. The highest BCUT2D eigenvalue weighted by Crippen LogP contribution is 2.22. The van der Waals surface area contributed by atoms with Crippen LogP contribution in [-0.2, 0) is 14.3 Å². The Kier molecular flexibility index (Phi) is 8.28. The fourth-order valence-corrected chi connectivity index (χ4v) is 4.36. The van der Waals surface area contributed by atoms with Crippen LogP contribution in [0.2, 0.25) is 0 Å². The molecule has 0 N–H and O–H groups in total. The van der Waals surface area contributed by atoms with E-state index in [1.54, 1.807) is 4.90 Å². The molecular weight excluding hydrogens is 454 g/mol. The number of carbonyl (C=O) groups excluding carboxylic acids is 2. The molecule has 2 heterocycles. The van der Waals surface area contributed by atoms with Crippen molar-refractivity contribution in [1.29, 1.82) is 0 Å². The molecule has 1 aromatic heterocycles. The Balaban J connectivity index is 1.36. The minimum Gasteiger partial charge on any atom is -0.375 e. The molecule has 2 amide bonds. The third kappa shape index (κ3) is 6.07. The van der Waals surface area contributed by atoms with Crippen LogP contribution in [0.15, 0.2) is 66.7 Å².